The van der Waals surface area contributed by atoms with E-state index in [1.165, 1.54) is 42.7 Å². The summed E-state index contributed by atoms with van der Waals surface area (Å²) in [6, 6.07) is 16.2. The van der Waals surface area contributed by atoms with Crippen LogP contribution in [0.4, 0.5) is 4.39 Å². The molecule has 6 nitrogen and oxygen atoms in total. The lowest BCUT2D eigenvalue weighted by atomic mass is 10.1. The van der Waals surface area contributed by atoms with Crippen LogP contribution in [0.25, 0.3) is 10.8 Å². The third kappa shape index (κ3) is 4.70. The summed E-state index contributed by atoms with van der Waals surface area (Å²) in [5.74, 6) is -1.09. The highest BCUT2D eigenvalue weighted by atomic mass is 32.1. The van der Waals surface area contributed by atoms with E-state index >= 15 is 0 Å². The molecule has 0 aliphatic rings. The minimum absolute atomic E-state index is 0.0895. The van der Waals surface area contributed by atoms with Crippen LogP contribution in [0, 0.1) is 5.82 Å². The Morgan fingerprint density at radius 1 is 1.00 bits per heavy atom. The molecule has 31 heavy (non-hydrogen) atoms. The summed E-state index contributed by atoms with van der Waals surface area (Å²) >= 11 is 1.23. The Hall–Kier alpha value is -3.78. The smallest absolute Gasteiger partial charge is 0.363 e. The van der Waals surface area contributed by atoms with Gasteiger partial charge >= 0.3 is 11.9 Å². The fraction of sp³-hybridized carbons (Fsp3) is 0.0870. The van der Waals surface area contributed by atoms with Crippen molar-refractivity contribution in [1.82, 2.24) is 4.98 Å². The number of aromatic nitrogens is 1. The number of nitrogens with zero attached hydrogens (tertiary/aromatic N) is 1. The predicted octanol–water partition coefficient (Wildman–Crippen LogP) is 5.02. The van der Waals surface area contributed by atoms with Crippen molar-refractivity contribution >= 4 is 34.0 Å². The molecule has 4 aromatic rings. The molecule has 3 aromatic carbocycles. The lowest BCUT2D eigenvalue weighted by Gasteiger charge is -2.10. The molecule has 0 spiro atoms. The van der Waals surface area contributed by atoms with Crippen molar-refractivity contribution < 1.29 is 28.2 Å². The first-order chi connectivity index (χ1) is 15.0. The number of esters is 2. The van der Waals surface area contributed by atoms with Gasteiger partial charge in [-0.25, -0.2) is 19.0 Å². The summed E-state index contributed by atoms with van der Waals surface area (Å²) in [6.45, 7) is 0.118. The molecule has 1 aromatic heterocycles. The maximum atomic E-state index is 13.0. The van der Waals surface area contributed by atoms with E-state index in [2.05, 4.69) is 4.98 Å². The van der Waals surface area contributed by atoms with Gasteiger partial charge in [-0.05, 0) is 47.2 Å². The zero-order valence-corrected chi connectivity index (χ0v) is 17.1. The summed E-state index contributed by atoms with van der Waals surface area (Å²) in [7, 11) is 1.26. The molecule has 0 aliphatic heterocycles. The van der Waals surface area contributed by atoms with E-state index in [9.17, 15) is 14.0 Å². The molecular formula is C23H16FNO5S. The van der Waals surface area contributed by atoms with Crippen LogP contribution in [0.5, 0.6) is 11.5 Å². The van der Waals surface area contributed by atoms with Gasteiger partial charge in [0.2, 0.25) is 0 Å². The average molecular weight is 437 g/mol. The standard InChI is InChI=1S/C23H16FNO5S/c1-28-22(26)18-10-14-4-2-3-5-15(14)11-20(18)30-23(27)19-13-31-21(25-19)12-29-17-8-6-16(24)7-9-17/h2-11,13H,12H2,1H3. The number of methoxy groups -OCH3 is 1. The van der Waals surface area contributed by atoms with Crippen molar-refractivity contribution in [3.8, 4) is 11.5 Å². The van der Waals surface area contributed by atoms with Gasteiger partial charge in [0.05, 0.1) is 7.11 Å². The topological polar surface area (TPSA) is 74.7 Å². The molecule has 0 fully saturated rings. The summed E-state index contributed by atoms with van der Waals surface area (Å²) in [5, 5.41) is 3.72. The van der Waals surface area contributed by atoms with E-state index < -0.39 is 11.9 Å². The second-order valence-corrected chi connectivity index (χ2v) is 7.39. The average Bonchev–Trinajstić information content (AvgIpc) is 3.27. The van der Waals surface area contributed by atoms with Gasteiger partial charge in [-0.1, -0.05) is 24.3 Å². The summed E-state index contributed by atoms with van der Waals surface area (Å²) in [6.07, 6.45) is 0. The highest BCUT2D eigenvalue weighted by Crippen LogP contribution is 2.28. The third-order valence-electron chi connectivity index (χ3n) is 4.39. The number of rotatable bonds is 6. The Bertz CT molecular complexity index is 1250. The van der Waals surface area contributed by atoms with E-state index in [4.69, 9.17) is 14.2 Å². The molecule has 0 radical (unpaired) electrons. The maximum absolute atomic E-state index is 13.0. The van der Waals surface area contributed by atoms with Crippen molar-refractivity contribution in [2.45, 2.75) is 6.61 Å². The van der Waals surface area contributed by atoms with E-state index in [1.807, 2.05) is 24.3 Å². The highest BCUT2D eigenvalue weighted by molar-refractivity contribution is 7.09. The van der Waals surface area contributed by atoms with Gasteiger partial charge in [0.1, 0.15) is 34.5 Å². The van der Waals surface area contributed by atoms with Crippen LogP contribution in [-0.4, -0.2) is 24.0 Å². The number of halogens is 1. The molecule has 1 heterocycles. The first-order valence-corrected chi connectivity index (χ1v) is 10.1. The molecule has 156 valence electrons. The fourth-order valence-corrected chi connectivity index (χ4v) is 3.55. The number of hydrogen-bond acceptors (Lipinski definition) is 7. The van der Waals surface area contributed by atoms with Gasteiger partial charge in [-0.15, -0.1) is 11.3 Å². The minimum Gasteiger partial charge on any atom is -0.486 e. The molecule has 0 unspecified atom stereocenters. The Balaban J connectivity index is 1.51. The van der Waals surface area contributed by atoms with Gasteiger partial charge in [0.25, 0.3) is 0 Å². The van der Waals surface area contributed by atoms with Crippen molar-refractivity contribution in [2.75, 3.05) is 7.11 Å². The number of hydrogen-bond donors (Lipinski definition) is 0. The Morgan fingerprint density at radius 3 is 2.42 bits per heavy atom. The van der Waals surface area contributed by atoms with Crippen molar-refractivity contribution in [3.63, 3.8) is 0 Å². The predicted molar refractivity (Wildman–Crippen MR) is 113 cm³/mol. The number of benzene rings is 3. The quantitative estimate of drug-likeness (QED) is 0.311. The van der Waals surface area contributed by atoms with Crippen LogP contribution in [0.3, 0.4) is 0 Å². The van der Waals surface area contributed by atoms with Crippen LogP contribution < -0.4 is 9.47 Å². The molecule has 0 amide bonds. The number of thiazole rings is 1. The van der Waals surface area contributed by atoms with Crippen molar-refractivity contribution in [1.29, 1.82) is 0 Å². The van der Waals surface area contributed by atoms with Crippen molar-refractivity contribution in [2.24, 2.45) is 0 Å². The second-order valence-electron chi connectivity index (χ2n) is 6.45. The zero-order valence-electron chi connectivity index (χ0n) is 16.3. The molecule has 0 saturated carbocycles. The monoisotopic (exact) mass is 437 g/mol. The molecule has 0 saturated heterocycles. The van der Waals surface area contributed by atoms with Gasteiger partial charge < -0.3 is 14.2 Å². The van der Waals surface area contributed by atoms with Gasteiger partial charge in [0, 0.05) is 5.38 Å². The van der Waals surface area contributed by atoms with Crippen LogP contribution >= 0.6 is 11.3 Å². The normalized spacial score (nSPS) is 10.6. The third-order valence-corrected chi connectivity index (χ3v) is 5.22. The SMILES string of the molecule is COC(=O)c1cc2ccccc2cc1OC(=O)c1csc(COc2ccc(F)cc2)n1. The van der Waals surface area contributed by atoms with E-state index in [-0.39, 0.29) is 29.4 Å². The fourth-order valence-electron chi connectivity index (χ4n) is 2.87. The first kappa shape index (κ1) is 20.5. The van der Waals surface area contributed by atoms with Gasteiger partial charge in [-0.2, -0.15) is 0 Å². The van der Waals surface area contributed by atoms with E-state index in [0.717, 1.165) is 10.8 Å². The summed E-state index contributed by atoms with van der Waals surface area (Å²) in [5.41, 5.74) is 0.233. The summed E-state index contributed by atoms with van der Waals surface area (Å²) in [4.78, 5) is 29.0. The molecule has 0 bridgehead atoms. The van der Waals surface area contributed by atoms with E-state index in [0.29, 0.717) is 10.8 Å². The largest absolute Gasteiger partial charge is 0.486 e. The minimum atomic E-state index is -0.704. The lowest BCUT2D eigenvalue weighted by molar-refractivity contribution is 0.0593. The van der Waals surface area contributed by atoms with Crippen LogP contribution in [-0.2, 0) is 11.3 Å². The van der Waals surface area contributed by atoms with Crippen molar-refractivity contribution in [3.05, 3.63) is 88.1 Å². The van der Waals surface area contributed by atoms with Gasteiger partial charge in [0.15, 0.2) is 5.69 Å². The second kappa shape index (κ2) is 8.93. The number of carbonyl (C=O) groups is 2. The zero-order chi connectivity index (χ0) is 21.8. The Kier molecular flexibility index (Phi) is 5.90. The number of ether oxygens (including phenoxy) is 3. The molecular weight excluding hydrogens is 421 g/mol. The molecule has 4 rings (SSSR count). The first-order valence-electron chi connectivity index (χ1n) is 9.19. The van der Waals surface area contributed by atoms with Crippen LogP contribution in [0.1, 0.15) is 25.9 Å². The number of carbonyl (C=O) groups excluding carboxylic acids is 2. The lowest BCUT2D eigenvalue weighted by Crippen LogP contribution is -2.13. The number of fused-ring (bicyclic) bond motifs is 1. The molecule has 0 aliphatic carbocycles. The van der Waals surface area contributed by atoms with E-state index in [1.54, 1.807) is 17.5 Å². The maximum Gasteiger partial charge on any atom is 0.363 e. The summed E-state index contributed by atoms with van der Waals surface area (Å²) < 4.78 is 28.8. The highest BCUT2D eigenvalue weighted by Gasteiger charge is 2.20. The Morgan fingerprint density at radius 2 is 1.71 bits per heavy atom. The molecule has 0 atom stereocenters. The molecule has 8 heteroatoms. The van der Waals surface area contributed by atoms with Gasteiger partial charge in [-0.3, -0.25) is 0 Å². The molecule has 0 N–H and O–H groups in total. The Labute approximate surface area is 180 Å². The van der Waals surface area contributed by atoms with Crippen LogP contribution in [0.2, 0.25) is 0 Å². The van der Waals surface area contributed by atoms with Crippen LogP contribution in [0.15, 0.2) is 66.0 Å².